The first-order valence-electron chi connectivity index (χ1n) is 3.33. The van der Waals surface area contributed by atoms with Crippen LogP contribution in [0.4, 0.5) is 10.1 Å². The number of fused-ring (bicyclic) bond motifs is 1. The van der Waals surface area contributed by atoms with Crippen molar-refractivity contribution in [1.82, 2.24) is 0 Å². The molecule has 0 unspecified atom stereocenters. The van der Waals surface area contributed by atoms with Gasteiger partial charge in [-0.1, -0.05) is 0 Å². The molecule has 4 heteroatoms. The second-order valence-corrected chi connectivity index (χ2v) is 3.89. The van der Waals surface area contributed by atoms with Gasteiger partial charge in [0.1, 0.15) is 5.82 Å². The zero-order valence-electron chi connectivity index (χ0n) is 6.04. The lowest BCUT2D eigenvalue weighted by molar-refractivity contribution is 0.644. The SMILES string of the molecule is Nc1cc(S)cc2c(F)csc12. The molecule has 2 rings (SSSR count). The van der Waals surface area contributed by atoms with Gasteiger partial charge in [0.05, 0.1) is 10.4 Å². The van der Waals surface area contributed by atoms with E-state index in [0.717, 1.165) is 4.70 Å². The molecule has 0 aliphatic heterocycles. The Kier molecular flexibility index (Phi) is 1.73. The topological polar surface area (TPSA) is 26.0 Å². The molecule has 0 saturated carbocycles. The number of benzene rings is 1. The first-order valence-corrected chi connectivity index (χ1v) is 4.66. The number of nitrogen functional groups attached to an aromatic ring is 1. The molecule has 0 saturated heterocycles. The third-order valence-corrected chi connectivity index (χ3v) is 2.91. The monoisotopic (exact) mass is 199 g/mol. The summed E-state index contributed by atoms with van der Waals surface area (Å²) in [6, 6.07) is 3.40. The van der Waals surface area contributed by atoms with Crippen molar-refractivity contribution in [3.8, 4) is 0 Å². The van der Waals surface area contributed by atoms with Crippen LogP contribution in [0.3, 0.4) is 0 Å². The Morgan fingerprint density at radius 1 is 1.42 bits per heavy atom. The molecule has 1 nitrogen and oxygen atoms in total. The molecule has 1 aromatic heterocycles. The number of thiophene rings is 1. The minimum Gasteiger partial charge on any atom is -0.398 e. The molecule has 0 fully saturated rings. The first-order chi connectivity index (χ1) is 5.68. The molecule has 0 aliphatic rings. The van der Waals surface area contributed by atoms with E-state index < -0.39 is 0 Å². The van der Waals surface area contributed by atoms with Crippen LogP contribution in [0, 0.1) is 5.82 Å². The molecule has 12 heavy (non-hydrogen) atoms. The fourth-order valence-corrected chi connectivity index (χ4v) is 2.21. The van der Waals surface area contributed by atoms with Crippen LogP contribution in [-0.2, 0) is 0 Å². The lowest BCUT2D eigenvalue weighted by Crippen LogP contribution is -1.84. The zero-order valence-corrected chi connectivity index (χ0v) is 7.75. The predicted molar refractivity (Wildman–Crippen MR) is 53.4 cm³/mol. The third kappa shape index (κ3) is 1.07. The quantitative estimate of drug-likeness (QED) is 0.495. The largest absolute Gasteiger partial charge is 0.398 e. The van der Waals surface area contributed by atoms with Gasteiger partial charge < -0.3 is 5.73 Å². The van der Waals surface area contributed by atoms with Crippen LogP contribution >= 0.6 is 24.0 Å². The maximum atomic E-state index is 13.0. The van der Waals surface area contributed by atoms with Gasteiger partial charge in [0.15, 0.2) is 0 Å². The molecule has 0 radical (unpaired) electrons. The minimum atomic E-state index is -0.224. The van der Waals surface area contributed by atoms with Crippen molar-refractivity contribution < 1.29 is 4.39 Å². The fourth-order valence-electron chi connectivity index (χ4n) is 1.12. The van der Waals surface area contributed by atoms with E-state index in [4.69, 9.17) is 5.73 Å². The third-order valence-electron chi connectivity index (χ3n) is 1.64. The van der Waals surface area contributed by atoms with Crippen molar-refractivity contribution in [1.29, 1.82) is 0 Å². The van der Waals surface area contributed by atoms with Crippen molar-refractivity contribution in [2.24, 2.45) is 0 Å². The average molecular weight is 199 g/mol. The number of nitrogens with two attached hydrogens (primary N) is 1. The number of thiol groups is 1. The molecule has 62 valence electrons. The van der Waals surface area contributed by atoms with Crippen molar-refractivity contribution >= 4 is 39.7 Å². The molecule has 0 bridgehead atoms. The summed E-state index contributed by atoms with van der Waals surface area (Å²) in [7, 11) is 0. The molecular weight excluding hydrogens is 193 g/mol. The minimum absolute atomic E-state index is 0.224. The number of rotatable bonds is 0. The van der Waals surface area contributed by atoms with E-state index >= 15 is 0 Å². The highest BCUT2D eigenvalue weighted by Crippen LogP contribution is 2.31. The smallest absolute Gasteiger partial charge is 0.141 e. The molecule has 0 aliphatic carbocycles. The van der Waals surface area contributed by atoms with E-state index in [2.05, 4.69) is 12.6 Å². The van der Waals surface area contributed by atoms with Gasteiger partial charge in [-0.15, -0.1) is 24.0 Å². The second-order valence-electron chi connectivity index (χ2n) is 2.50. The molecule has 0 amide bonds. The highest BCUT2D eigenvalue weighted by atomic mass is 32.1. The summed E-state index contributed by atoms with van der Waals surface area (Å²) >= 11 is 5.43. The Morgan fingerprint density at radius 3 is 2.92 bits per heavy atom. The summed E-state index contributed by atoms with van der Waals surface area (Å²) in [5.74, 6) is -0.224. The summed E-state index contributed by atoms with van der Waals surface area (Å²) in [5, 5.41) is 2.01. The number of halogens is 1. The van der Waals surface area contributed by atoms with E-state index in [0.29, 0.717) is 16.0 Å². The van der Waals surface area contributed by atoms with E-state index in [1.807, 2.05) is 0 Å². The Balaban J connectivity index is 2.92. The van der Waals surface area contributed by atoms with Crippen molar-refractivity contribution in [3.63, 3.8) is 0 Å². The molecular formula is C8H6FNS2. The predicted octanol–water partition coefficient (Wildman–Crippen LogP) is 2.91. The van der Waals surface area contributed by atoms with Crippen LogP contribution < -0.4 is 5.73 Å². The summed E-state index contributed by atoms with van der Waals surface area (Å²) in [4.78, 5) is 0.692. The summed E-state index contributed by atoms with van der Waals surface area (Å²) < 4.78 is 13.8. The van der Waals surface area contributed by atoms with E-state index in [9.17, 15) is 4.39 Å². The zero-order chi connectivity index (χ0) is 8.72. The van der Waals surface area contributed by atoms with Gasteiger partial charge in [-0.25, -0.2) is 4.39 Å². The van der Waals surface area contributed by atoms with Gasteiger partial charge in [0.25, 0.3) is 0 Å². The molecule has 2 N–H and O–H groups in total. The summed E-state index contributed by atoms with van der Waals surface area (Å²) in [5.41, 5.74) is 6.25. The Morgan fingerprint density at radius 2 is 2.17 bits per heavy atom. The van der Waals surface area contributed by atoms with E-state index in [1.54, 1.807) is 12.1 Å². The average Bonchev–Trinajstić information content (AvgIpc) is 2.33. The number of anilines is 1. The number of hydrogen-bond donors (Lipinski definition) is 2. The van der Waals surface area contributed by atoms with Gasteiger partial charge in [-0.2, -0.15) is 0 Å². The number of hydrogen-bond acceptors (Lipinski definition) is 3. The Labute approximate surface area is 78.4 Å². The lowest BCUT2D eigenvalue weighted by Gasteiger charge is -1.97. The fraction of sp³-hybridized carbons (Fsp3) is 0. The van der Waals surface area contributed by atoms with Crippen LogP contribution in [0.25, 0.3) is 10.1 Å². The standard InChI is InChI=1S/C8H6FNS2/c9-6-3-12-8-5(6)1-4(11)2-7(8)10/h1-3,11H,10H2. The van der Waals surface area contributed by atoms with Crippen LogP contribution in [0.1, 0.15) is 0 Å². The van der Waals surface area contributed by atoms with Gasteiger partial charge in [0.2, 0.25) is 0 Å². The van der Waals surface area contributed by atoms with Gasteiger partial charge in [-0.05, 0) is 12.1 Å². The summed E-state index contributed by atoms with van der Waals surface area (Å²) in [6.45, 7) is 0. The Bertz CT molecular complexity index is 436. The summed E-state index contributed by atoms with van der Waals surface area (Å²) in [6.07, 6.45) is 0. The van der Waals surface area contributed by atoms with Gasteiger partial charge in [0, 0.05) is 15.7 Å². The molecule has 1 heterocycles. The van der Waals surface area contributed by atoms with Crippen LogP contribution in [0.15, 0.2) is 22.4 Å². The van der Waals surface area contributed by atoms with Crippen molar-refractivity contribution in [3.05, 3.63) is 23.3 Å². The lowest BCUT2D eigenvalue weighted by atomic mass is 10.2. The first kappa shape index (κ1) is 7.89. The van der Waals surface area contributed by atoms with E-state index in [1.165, 1.54) is 16.7 Å². The molecule has 0 atom stereocenters. The maximum Gasteiger partial charge on any atom is 0.141 e. The highest BCUT2D eigenvalue weighted by Gasteiger charge is 2.06. The maximum absolute atomic E-state index is 13.0. The molecule has 0 spiro atoms. The van der Waals surface area contributed by atoms with Crippen LogP contribution in [0.2, 0.25) is 0 Å². The Hall–Kier alpha value is -0.740. The molecule has 2 aromatic rings. The normalized spacial score (nSPS) is 10.8. The van der Waals surface area contributed by atoms with Crippen LogP contribution in [0.5, 0.6) is 0 Å². The van der Waals surface area contributed by atoms with Crippen molar-refractivity contribution in [2.75, 3.05) is 5.73 Å². The second kappa shape index (κ2) is 2.64. The van der Waals surface area contributed by atoms with Crippen LogP contribution in [-0.4, -0.2) is 0 Å². The van der Waals surface area contributed by atoms with Gasteiger partial charge in [-0.3, -0.25) is 0 Å². The highest BCUT2D eigenvalue weighted by molar-refractivity contribution is 7.80. The van der Waals surface area contributed by atoms with Crippen molar-refractivity contribution in [2.45, 2.75) is 4.90 Å². The molecule has 1 aromatic carbocycles. The van der Waals surface area contributed by atoms with E-state index in [-0.39, 0.29) is 5.82 Å². The van der Waals surface area contributed by atoms with Gasteiger partial charge >= 0.3 is 0 Å².